The fourth-order valence-corrected chi connectivity index (χ4v) is 6.40. The maximum atomic E-state index is 14.6. The van der Waals surface area contributed by atoms with Crippen molar-refractivity contribution in [3.05, 3.63) is 102 Å². The van der Waals surface area contributed by atoms with Crippen molar-refractivity contribution in [2.45, 2.75) is 25.9 Å². The van der Waals surface area contributed by atoms with Gasteiger partial charge in [0.2, 0.25) is 0 Å². The highest BCUT2D eigenvalue weighted by Crippen LogP contribution is 2.70. The molecule has 0 fully saturated rings. The smallest absolute Gasteiger partial charge is 0.349 e. The van der Waals surface area contributed by atoms with Crippen molar-refractivity contribution < 1.29 is 18.3 Å². The van der Waals surface area contributed by atoms with Gasteiger partial charge >= 0.3 is 7.60 Å². The largest absolute Gasteiger partial charge is 0.494 e. The molecule has 0 amide bonds. The molecule has 4 nitrogen and oxygen atoms in total. The first kappa shape index (κ1) is 22.3. The molecule has 3 rings (SSSR count). The minimum Gasteiger partial charge on any atom is -0.494 e. The summed E-state index contributed by atoms with van der Waals surface area (Å²) < 4.78 is 32.2. The third-order valence-corrected chi connectivity index (χ3v) is 7.77. The maximum Gasteiger partial charge on any atom is 0.349 e. The van der Waals surface area contributed by atoms with Crippen molar-refractivity contribution in [3.63, 3.8) is 0 Å². The molecule has 0 saturated heterocycles. The lowest BCUT2D eigenvalue weighted by atomic mass is 9.84. The second-order valence-corrected chi connectivity index (χ2v) is 8.92. The fourth-order valence-electron chi connectivity index (χ4n) is 3.86. The zero-order valence-electron chi connectivity index (χ0n) is 17.8. The van der Waals surface area contributed by atoms with Crippen LogP contribution < -0.4 is 4.74 Å². The van der Waals surface area contributed by atoms with E-state index in [0.29, 0.717) is 6.61 Å². The van der Waals surface area contributed by atoms with E-state index in [4.69, 9.17) is 13.8 Å². The van der Waals surface area contributed by atoms with E-state index in [0.717, 1.165) is 22.4 Å². The summed E-state index contributed by atoms with van der Waals surface area (Å²) in [5.41, 5.74) is 2.53. The summed E-state index contributed by atoms with van der Waals surface area (Å²) in [5, 5.41) is -1.12. The highest BCUT2D eigenvalue weighted by Gasteiger charge is 2.55. The van der Waals surface area contributed by atoms with E-state index in [1.54, 1.807) is 0 Å². The molecule has 0 bridgehead atoms. The SMILES string of the molecule is CCOc1ccc(C(c2ccccc2)(c2ccccc2)P(=O)(OCC)OCC)cc1. The Kier molecular flexibility index (Phi) is 7.49. The second kappa shape index (κ2) is 10.1. The van der Waals surface area contributed by atoms with E-state index < -0.39 is 12.8 Å². The summed E-state index contributed by atoms with van der Waals surface area (Å²) in [7, 11) is -3.70. The van der Waals surface area contributed by atoms with Crippen LogP contribution in [0.15, 0.2) is 84.9 Å². The monoisotopic (exact) mass is 424 g/mol. The predicted octanol–water partition coefficient (Wildman–Crippen LogP) is 6.64. The van der Waals surface area contributed by atoms with Crippen LogP contribution in [0.5, 0.6) is 5.75 Å². The van der Waals surface area contributed by atoms with Crippen LogP contribution in [-0.2, 0) is 18.8 Å². The van der Waals surface area contributed by atoms with Crippen LogP contribution in [0.3, 0.4) is 0 Å². The fraction of sp³-hybridized carbons (Fsp3) is 0.280. The average Bonchev–Trinajstić information content (AvgIpc) is 2.77. The van der Waals surface area contributed by atoms with E-state index in [9.17, 15) is 4.57 Å². The van der Waals surface area contributed by atoms with E-state index in [2.05, 4.69) is 0 Å². The zero-order chi connectivity index (χ0) is 21.5. The zero-order valence-corrected chi connectivity index (χ0v) is 18.7. The molecule has 0 radical (unpaired) electrons. The Morgan fingerprint density at radius 3 is 1.47 bits per heavy atom. The number of hydrogen-bond acceptors (Lipinski definition) is 4. The van der Waals surface area contributed by atoms with E-state index in [1.165, 1.54) is 0 Å². The van der Waals surface area contributed by atoms with Crippen LogP contribution in [0.2, 0.25) is 0 Å². The highest BCUT2D eigenvalue weighted by atomic mass is 31.2. The molecule has 0 heterocycles. The molecular weight excluding hydrogens is 395 g/mol. The summed E-state index contributed by atoms with van der Waals surface area (Å²) in [6.07, 6.45) is 0. The number of benzene rings is 3. The highest BCUT2D eigenvalue weighted by molar-refractivity contribution is 7.55. The van der Waals surface area contributed by atoms with Crippen LogP contribution in [-0.4, -0.2) is 19.8 Å². The molecule has 0 saturated carbocycles. The van der Waals surface area contributed by atoms with Crippen LogP contribution >= 0.6 is 7.60 Å². The Bertz CT molecular complexity index is 906. The minimum atomic E-state index is -3.70. The molecule has 0 N–H and O–H groups in total. The Labute approximate surface area is 179 Å². The lowest BCUT2D eigenvalue weighted by molar-refractivity contribution is 0.206. The third-order valence-electron chi connectivity index (χ3n) is 4.98. The first-order valence-electron chi connectivity index (χ1n) is 10.4. The van der Waals surface area contributed by atoms with Gasteiger partial charge in [-0.25, -0.2) is 0 Å². The lowest BCUT2D eigenvalue weighted by Gasteiger charge is -2.40. The van der Waals surface area contributed by atoms with Crippen LogP contribution in [0.1, 0.15) is 37.5 Å². The van der Waals surface area contributed by atoms with Crippen molar-refractivity contribution >= 4 is 7.60 Å². The first-order chi connectivity index (χ1) is 14.6. The minimum absolute atomic E-state index is 0.274. The van der Waals surface area contributed by atoms with Crippen molar-refractivity contribution in [1.82, 2.24) is 0 Å². The second-order valence-electron chi connectivity index (χ2n) is 6.73. The van der Waals surface area contributed by atoms with Gasteiger partial charge in [-0.15, -0.1) is 0 Å². The Balaban J connectivity index is 2.39. The average molecular weight is 424 g/mol. The lowest BCUT2D eigenvalue weighted by Crippen LogP contribution is -2.31. The van der Waals surface area contributed by atoms with Crippen LogP contribution in [0.4, 0.5) is 0 Å². The molecule has 0 unspecified atom stereocenters. The Morgan fingerprint density at radius 1 is 0.633 bits per heavy atom. The molecule has 0 aromatic heterocycles. The van der Waals surface area contributed by atoms with E-state index in [-0.39, 0.29) is 13.2 Å². The van der Waals surface area contributed by atoms with Crippen LogP contribution in [0, 0.1) is 0 Å². The van der Waals surface area contributed by atoms with Gasteiger partial charge in [0.15, 0.2) is 0 Å². The Morgan fingerprint density at radius 2 is 1.07 bits per heavy atom. The molecule has 30 heavy (non-hydrogen) atoms. The van der Waals surface area contributed by atoms with Gasteiger partial charge in [-0.05, 0) is 49.6 Å². The van der Waals surface area contributed by atoms with Crippen molar-refractivity contribution in [2.24, 2.45) is 0 Å². The number of rotatable bonds is 10. The van der Waals surface area contributed by atoms with Gasteiger partial charge in [-0.3, -0.25) is 4.57 Å². The molecule has 0 aliphatic carbocycles. The summed E-state index contributed by atoms with van der Waals surface area (Å²) in [4.78, 5) is 0. The normalized spacial score (nSPS) is 12.0. The van der Waals surface area contributed by atoms with Gasteiger partial charge in [0.05, 0.1) is 19.8 Å². The first-order valence-corrected chi connectivity index (χ1v) is 11.9. The molecule has 3 aromatic carbocycles. The van der Waals surface area contributed by atoms with Gasteiger partial charge in [-0.2, -0.15) is 0 Å². The summed E-state index contributed by atoms with van der Waals surface area (Å²) >= 11 is 0. The molecule has 0 atom stereocenters. The number of hydrogen-bond donors (Lipinski definition) is 0. The summed E-state index contributed by atoms with van der Waals surface area (Å²) in [6, 6.07) is 27.3. The van der Waals surface area contributed by atoms with Gasteiger partial charge in [0.1, 0.15) is 10.9 Å². The molecular formula is C25H29O4P. The van der Waals surface area contributed by atoms with Crippen LogP contribution in [0.25, 0.3) is 0 Å². The molecule has 5 heteroatoms. The maximum absolute atomic E-state index is 14.6. The molecule has 3 aromatic rings. The summed E-state index contributed by atoms with van der Waals surface area (Å²) in [6.45, 7) is 6.75. The summed E-state index contributed by atoms with van der Waals surface area (Å²) in [5.74, 6) is 0.763. The number of ether oxygens (including phenoxy) is 1. The molecule has 0 spiro atoms. The molecule has 0 aliphatic heterocycles. The van der Waals surface area contributed by atoms with Crippen molar-refractivity contribution in [3.8, 4) is 5.75 Å². The van der Waals surface area contributed by atoms with Gasteiger partial charge in [-0.1, -0.05) is 72.8 Å². The van der Waals surface area contributed by atoms with Gasteiger partial charge < -0.3 is 13.8 Å². The standard InChI is InChI=1S/C25H29O4P/c1-4-27-24-19-17-23(18-20-24)25(21-13-9-7-10-14-21,22-15-11-8-12-16-22)30(26,28-5-2)29-6-3/h7-20H,4-6H2,1-3H3. The van der Waals surface area contributed by atoms with E-state index in [1.807, 2.05) is 106 Å². The Hall–Kier alpha value is -2.39. The topological polar surface area (TPSA) is 44.8 Å². The quantitative estimate of drug-likeness (QED) is 0.270. The van der Waals surface area contributed by atoms with Crippen molar-refractivity contribution in [1.29, 1.82) is 0 Å². The molecule has 0 aliphatic rings. The van der Waals surface area contributed by atoms with Gasteiger partial charge in [0, 0.05) is 0 Å². The van der Waals surface area contributed by atoms with Gasteiger partial charge in [0.25, 0.3) is 0 Å². The van der Waals surface area contributed by atoms with E-state index >= 15 is 0 Å². The third kappa shape index (κ3) is 4.09. The van der Waals surface area contributed by atoms with Crippen molar-refractivity contribution in [2.75, 3.05) is 19.8 Å². The predicted molar refractivity (Wildman–Crippen MR) is 121 cm³/mol. The molecule has 158 valence electrons.